The van der Waals surface area contributed by atoms with E-state index in [1.807, 2.05) is 42.5 Å². The highest BCUT2D eigenvalue weighted by atomic mass is 16.2. The lowest BCUT2D eigenvalue weighted by Gasteiger charge is -2.33. The second-order valence-corrected chi connectivity index (χ2v) is 5.57. The molecule has 1 aliphatic heterocycles. The smallest absolute Gasteiger partial charge is 0.274 e. The lowest BCUT2D eigenvalue weighted by atomic mass is 10.1. The van der Waals surface area contributed by atoms with Gasteiger partial charge in [0.25, 0.3) is 5.91 Å². The molecular formula is C19H20N4O2. The molecule has 0 aliphatic carbocycles. The van der Waals surface area contributed by atoms with Gasteiger partial charge in [0.1, 0.15) is 5.69 Å². The number of pyridine rings is 2. The molecule has 0 atom stereocenters. The Bertz CT molecular complexity index is 873. The van der Waals surface area contributed by atoms with Crippen LogP contribution in [0.3, 0.4) is 0 Å². The van der Waals surface area contributed by atoms with E-state index in [4.69, 9.17) is 5.11 Å². The number of para-hydroxylation sites is 1. The highest BCUT2D eigenvalue weighted by Gasteiger charge is 2.17. The number of carbonyl (C=O) groups is 1. The molecule has 25 heavy (non-hydrogen) atoms. The van der Waals surface area contributed by atoms with Gasteiger partial charge < -0.3 is 15.3 Å². The normalized spacial score (nSPS) is 12.8. The molecule has 1 aliphatic rings. The lowest BCUT2D eigenvalue weighted by Crippen LogP contribution is -2.37. The number of carbonyl (C=O) groups excluding carboxylic acids is 1. The summed E-state index contributed by atoms with van der Waals surface area (Å²) < 4.78 is 0. The van der Waals surface area contributed by atoms with Gasteiger partial charge in [-0.05, 0) is 30.7 Å². The van der Waals surface area contributed by atoms with E-state index >= 15 is 0 Å². The largest absolute Gasteiger partial charge is 0.400 e. The van der Waals surface area contributed by atoms with Crippen molar-refractivity contribution in [2.45, 2.75) is 6.42 Å². The van der Waals surface area contributed by atoms with Crippen molar-refractivity contribution < 1.29 is 9.90 Å². The first-order chi connectivity index (χ1) is 12.3. The summed E-state index contributed by atoms with van der Waals surface area (Å²) >= 11 is 0. The van der Waals surface area contributed by atoms with Crippen molar-refractivity contribution in [3.63, 3.8) is 0 Å². The molecule has 0 radical (unpaired) electrons. The van der Waals surface area contributed by atoms with E-state index < -0.39 is 0 Å². The molecule has 3 heterocycles. The molecule has 0 unspecified atom stereocenters. The Kier molecular flexibility index (Phi) is 5.20. The first kappa shape index (κ1) is 16.9. The van der Waals surface area contributed by atoms with E-state index in [1.165, 1.54) is 6.42 Å². The molecule has 6 nitrogen and oxygen atoms in total. The van der Waals surface area contributed by atoms with Crippen LogP contribution in [-0.4, -0.2) is 41.2 Å². The molecule has 0 spiro atoms. The molecule has 0 saturated carbocycles. The van der Waals surface area contributed by atoms with Crippen molar-refractivity contribution in [2.24, 2.45) is 0 Å². The maximum Gasteiger partial charge on any atom is 0.274 e. The van der Waals surface area contributed by atoms with Crippen LogP contribution in [-0.2, 0) is 0 Å². The number of aliphatic hydroxyl groups is 1. The number of nitrogens with one attached hydrogen (secondary N) is 1. The minimum atomic E-state index is -0.217. The Morgan fingerprint density at radius 3 is 2.64 bits per heavy atom. The number of nitrogens with zero attached hydrogens (tertiary/aromatic N) is 3. The van der Waals surface area contributed by atoms with Crippen molar-refractivity contribution >= 4 is 28.2 Å². The first-order valence-corrected chi connectivity index (χ1v) is 8.12. The topological polar surface area (TPSA) is 78.3 Å². The fraction of sp³-hybridized carbons (Fsp3) is 0.211. The van der Waals surface area contributed by atoms with Crippen molar-refractivity contribution in [2.75, 3.05) is 30.4 Å². The Balaban J connectivity index is 0.000000880. The zero-order valence-electron chi connectivity index (χ0n) is 14.0. The van der Waals surface area contributed by atoms with Gasteiger partial charge in [-0.15, -0.1) is 0 Å². The summed E-state index contributed by atoms with van der Waals surface area (Å²) in [5.74, 6) is -0.217. The maximum atomic E-state index is 12.5. The Hall–Kier alpha value is -2.99. The summed E-state index contributed by atoms with van der Waals surface area (Å²) in [5, 5.41) is 10.9. The molecular weight excluding hydrogens is 316 g/mol. The van der Waals surface area contributed by atoms with Crippen molar-refractivity contribution in [1.29, 1.82) is 0 Å². The highest BCUT2D eigenvalue weighted by Crippen LogP contribution is 2.23. The predicted octanol–water partition coefficient (Wildman–Crippen LogP) is 2.70. The predicted molar refractivity (Wildman–Crippen MR) is 98.9 cm³/mol. The van der Waals surface area contributed by atoms with E-state index in [0.717, 1.165) is 36.8 Å². The van der Waals surface area contributed by atoms with Crippen LogP contribution in [0, 0.1) is 0 Å². The molecule has 1 saturated heterocycles. The maximum absolute atomic E-state index is 12.5. The third-order valence-corrected chi connectivity index (χ3v) is 4.08. The van der Waals surface area contributed by atoms with Gasteiger partial charge in [0, 0.05) is 43.7 Å². The van der Waals surface area contributed by atoms with Crippen LogP contribution in [0.15, 0.2) is 54.9 Å². The summed E-state index contributed by atoms with van der Waals surface area (Å²) in [5.41, 5.74) is 2.95. The van der Waals surface area contributed by atoms with Gasteiger partial charge in [-0.3, -0.25) is 14.8 Å². The van der Waals surface area contributed by atoms with Crippen molar-refractivity contribution in [1.82, 2.24) is 9.97 Å². The standard InChI is InChI=1S/C18H16N4O.CH4O/c23-18(16-12-14(7-9-19-16)22-10-3-11-22)21-15-6-1-4-13-5-2-8-20-17(13)15;1-2/h1-2,4-9,12H,3,10-11H2,(H,21,23);2H,1H3. The number of hydrogen-bond donors (Lipinski definition) is 2. The number of fused-ring (bicyclic) bond motifs is 1. The average Bonchev–Trinajstić information content (AvgIpc) is 2.62. The average molecular weight is 336 g/mol. The molecule has 128 valence electrons. The highest BCUT2D eigenvalue weighted by molar-refractivity contribution is 6.07. The first-order valence-electron chi connectivity index (χ1n) is 8.12. The van der Waals surface area contributed by atoms with Gasteiger partial charge in [0.05, 0.1) is 11.2 Å². The van der Waals surface area contributed by atoms with Gasteiger partial charge in [-0.2, -0.15) is 0 Å². The molecule has 2 N–H and O–H groups in total. The van der Waals surface area contributed by atoms with Gasteiger partial charge in [0.15, 0.2) is 0 Å². The minimum Gasteiger partial charge on any atom is -0.400 e. The molecule has 3 aromatic rings. The molecule has 2 aromatic heterocycles. The number of benzene rings is 1. The minimum absolute atomic E-state index is 0.217. The van der Waals surface area contributed by atoms with Crippen LogP contribution in [0.5, 0.6) is 0 Å². The molecule has 1 fully saturated rings. The van der Waals surface area contributed by atoms with E-state index in [0.29, 0.717) is 11.4 Å². The van der Waals surface area contributed by atoms with Crippen LogP contribution >= 0.6 is 0 Å². The summed E-state index contributed by atoms with van der Waals surface area (Å²) in [6.45, 7) is 2.08. The molecule has 0 bridgehead atoms. The second-order valence-electron chi connectivity index (χ2n) is 5.57. The third-order valence-electron chi connectivity index (χ3n) is 4.08. The zero-order chi connectivity index (χ0) is 17.6. The van der Waals surface area contributed by atoms with Crippen LogP contribution in [0.2, 0.25) is 0 Å². The van der Waals surface area contributed by atoms with Crippen LogP contribution < -0.4 is 10.2 Å². The second kappa shape index (κ2) is 7.72. The van der Waals surface area contributed by atoms with E-state index in [2.05, 4.69) is 20.2 Å². The Labute approximate surface area is 146 Å². The molecule has 1 amide bonds. The molecule has 6 heteroatoms. The number of rotatable bonds is 3. The third kappa shape index (κ3) is 3.59. The molecule has 1 aromatic carbocycles. The number of anilines is 2. The lowest BCUT2D eigenvalue weighted by molar-refractivity contribution is 0.102. The monoisotopic (exact) mass is 336 g/mol. The van der Waals surface area contributed by atoms with Gasteiger partial charge in [0.2, 0.25) is 0 Å². The Morgan fingerprint density at radius 2 is 1.88 bits per heavy atom. The summed E-state index contributed by atoms with van der Waals surface area (Å²) in [7, 11) is 1.00. The van der Waals surface area contributed by atoms with E-state index in [9.17, 15) is 4.79 Å². The van der Waals surface area contributed by atoms with Crippen LogP contribution in [0.1, 0.15) is 16.9 Å². The zero-order valence-corrected chi connectivity index (χ0v) is 14.0. The summed E-state index contributed by atoms with van der Waals surface area (Å²) in [6.07, 6.45) is 4.61. The summed E-state index contributed by atoms with van der Waals surface area (Å²) in [6, 6.07) is 13.4. The Morgan fingerprint density at radius 1 is 1.08 bits per heavy atom. The quantitative estimate of drug-likeness (QED) is 0.769. The van der Waals surface area contributed by atoms with Gasteiger partial charge in [-0.1, -0.05) is 18.2 Å². The summed E-state index contributed by atoms with van der Waals surface area (Å²) in [4.78, 5) is 23.3. The number of hydrogen-bond acceptors (Lipinski definition) is 5. The van der Waals surface area contributed by atoms with Crippen molar-refractivity contribution in [3.05, 3.63) is 60.6 Å². The fourth-order valence-corrected chi connectivity index (χ4v) is 2.71. The van der Waals surface area contributed by atoms with Gasteiger partial charge in [-0.25, -0.2) is 0 Å². The van der Waals surface area contributed by atoms with E-state index in [1.54, 1.807) is 12.4 Å². The SMILES string of the molecule is CO.O=C(Nc1cccc2cccnc12)c1cc(N2CCC2)ccn1. The van der Waals surface area contributed by atoms with Crippen molar-refractivity contribution in [3.8, 4) is 0 Å². The van der Waals surface area contributed by atoms with Crippen LogP contribution in [0.25, 0.3) is 10.9 Å². The van der Waals surface area contributed by atoms with E-state index in [-0.39, 0.29) is 5.91 Å². The number of amides is 1. The number of aliphatic hydroxyl groups excluding tert-OH is 1. The fourth-order valence-electron chi connectivity index (χ4n) is 2.71. The number of aromatic nitrogens is 2. The van der Waals surface area contributed by atoms with Gasteiger partial charge >= 0.3 is 0 Å². The molecule has 4 rings (SSSR count). The van der Waals surface area contributed by atoms with Crippen LogP contribution in [0.4, 0.5) is 11.4 Å².